The Bertz CT molecular complexity index is 603. The second-order valence-electron chi connectivity index (χ2n) is 4.69. The second-order valence-corrected chi connectivity index (χ2v) is 5.77. The number of nitrogens with one attached hydrogen (secondary N) is 1. The number of amides is 1. The first kappa shape index (κ1) is 12.6. The Balaban J connectivity index is 1.88. The standard InChI is InChI=1S/C14H15FN2OS/c15-11-3-2-10-8-13(19-12(10)9-11)14(18)17-6-1-4-16-5-7-17/h2-3,8-9,16H,1,4-7H2. The number of rotatable bonds is 1. The zero-order chi connectivity index (χ0) is 13.2. The molecule has 3 nitrogen and oxygen atoms in total. The lowest BCUT2D eigenvalue weighted by atomic mass is 10.2. The fraction of sp³-hybridized carbons (Fsp3) is 0.357. The van der Waals surface area contributed by atoms with Gasteiger partial charge in [-0.3, -0.25) is 4.79 Å². The first-order chi connectivity index (χ1) is 9.24. The van der Waals surface area contributed by atoms with Crippen LogP contribution in [0, 0.1) is 5.82 Å². The zero-order valence-corrected chi connectivity index (χ0v) is 11.3. The van der Waals surface area contributed by atoms with E-state index >= 15 is 0 Å². The predicted molar refractivity (Wildman–Crippen MR) is 75.2 cm³/mol. The Kier molecular flexibility index (Phi) is 3.48. The number of halogens is 1. The molecule has 1 amide bonds. The Morgan fingerprint density at radius 2 is 2.16 bits per heavy atom. The highest BCUT2D eigenvalue weighted by Crippen LogP contribution is 2.27. The van der Waals surface area contributed by atoms with Gasteiger partial charge in [-0.15, -0.1) is 11.3 Å². The van der Waals surface area contributed by atoms with E-state index in [9.17, 15) is 9.18 Å². The van der Waals surface area contributed by atoms with Crippen LogP contribution in [-0.4, -0.2) is 37.0 Å². The Morgan fingerprint density at radius 3 is 3.05 bits per heavy atom. The summed E-state index contributed by atoms with van der Waals surface area (Å²) in [4.78, 5) is 15.0. The molecule has 19 heavy (non-hydrogen) atoms. The molecule has 1 aromatic heterocycles. The van der Waals surface area contributed by atoms with Gasteiger partial charge in [0.2, 0.25) is 0 Å². The van der Waals surface area contributed by atoms with E-state index in [-0.39, 0.29) is 11.7 Å². The molecule has 1 fully saturated rings. The molecule has 1 aromatic carbocycles. The Morgan fingerprint density at radius 1 is 1.26 bits per heavy atom. The van der Waals surface area contributed by atoms with E-state index in [1.165, 1.54) is 23.5 Å². The second kappa shape index (κ2) is 5.27. The van der Waals surface area contributed by atoms with Crippen LogP contribution in [0.15, 0.2) is 24.3 Å². The molecule has 0 bridgehead atoms. The van der Waals surface area contributed by atoms with Crippen molar-refractivity contribution in [1.82, 2.24) is 10.2 Å². The van der Waals surface area contributed by atoms with Crippen molar-refractivity contribution in [3.63, 3.8) is 0 Å². The fourth-order valence-corrected chi connectivity index (χ4v) is 3.37. The van der Waals surface area contributed by atoms with Gasteiger partial charge in [-0.05, 0) is 36.6 Å². The fourth-order valence-electron chi connectivity index (χ4n) is 2.32. The zero-order valence-electron chi connectivity index (χ0n) is 10.5. The minimum Gasteiger partial charge on any atom is -0.337 e. The molecule has 0 saturated carbocycles. The molecule has 2 aromatic rings. The maximum Gasteiger partial charge on any atom is 0.264 e. The van der Waals surface area contributed by atoms with Crippen molar-refractivity contribution < 1.29 is 9.18 Å². The van der Waals surface area contributed by atoms with Crippen molar-refractivity contribution in [3.05, 3.63) is 35.0 Å². The molecule has 0 spiro atoms. The first-order valence-electron chi connectivity index (χ1n) is 6.43. The summed E-state index contributed by atoms with van der Waals surface area (Å²) >= 11 is 1.37. The highest BCUT2D eigenvalue weighted by atomic mass is 32.1. The van der Waals surface area contributed by atoms with Crippen LogP contribution in [0.5, 0.6) is 0 Å². The molecule has 0 aliphatic carbocycles. The maximum absolute atomic E-state index is 13.2. The van der Waals surface area contributed by atoms with Crippen LogP contribution in [-0.2, 0) is 0 Å². The number of hydrogen-bond acceptors (Lipinski definition) is 3. The highest BCUT2D eigenvalue weighted by Gasteiger charge is 2.19. The lowest BCUT2D eigenvalue weighted by Gasteiger charge is -2.18. The molecular formula is C14H15FN2OS. The van der Waals surface area contributed by atoms with Crippen LogP contribution in [0.2, 0.25) is 0 Å². The number of nitrogens with zero attached hydrogens (tertiary/aromatic N) is 1. The largest absolute Gasteiger partial charge is 0.337 e. The van der Waals surface area contributed by atoms with Crippen molar-refractivity contribution >= 4 is 27.3 Å². The van der Waals surface area contributed by atoms with Crippen LogP contribution in [0.1, 0.15) is 16.1 Å². The van der Waals surface area contributed by atoms with Gasteiger partial charge in [0.25, 0.3) is 5.91 Å². The van der Waals surface area contributed by atoms with Crippen LogP contribution in [0.25, 0.3) is 10.1 Å². The van der Waals surface area contributed by atoms with E-state index < -0.39 is 0 Å². The van der Waals surface area contributed by atoms with Gasteiger partial charge in [0, 0.05) is 24.3 Å². The minimum absolute atomic E-state index is 0.0605. The SMILES string of the molecule is O=C(c1cc2ccc(F)cc2s1)N1CCCNCC1. The minimum atomic E-state index is -0.257. The molecule has 0 radical (unpaired) electrons. The Labute approximate surface area is 115 Å². The van der Waals surface area contributed by atoms with Gasteiger partial charge in [-0.1, -0.05) is 6.07 Å². The third-order valence-electron chi connectivity index (χ3n) is 3.32. The van der Waals surface area contributed by atoms with Crippen molar-refractivity contribution in [2.24, 2.45) is 0 Å². The molecule has 0 atom stereocenters. The molecule has 5 heteroatoms. The molecule has 2 heterocycles. The molecular weight excluding hydrogens is 263 g/mol. The van der Waals surface area contributed by atoms with E-state index in [0.717, 1.165) is 42.7 Å². The quantitative estimate of drug-likeness (QED) is 0.869. The number of benzene rings is 1. The van der Waals surface area contributed by atoms with E-state index in [2.05, 4.69) is 5.32 Å². The van der Waals surface area contributed by atoms with Gasteiger partial charge in [-0.25, -0.2) is 4.39 Å². The van der Waals surface area contributed by atoms with Crippen molar-refractivity contribution in [1.29, 1.82) is 0 Å². The van der Waals surface area contributed by atoms with Gasteiger partial charge in [-0.2, -0.15) is 0 Å². The van der Waals surface area contributed by atoms with Crippen LogP contribution in [0.4, 0.5) is 4.39 Å². The third-order valence-corrected chi connectivity index (χ3v) is 4.41. The van der Waals surface area contributed by atoms with Crippen molar-refractivity contribution in [2.75, 3.05) is 26.2 Å². The summed E-state index contributed by atoms with van der Waals surface area (Å²) < 4.78 is 14.0. The molecule has 0 unspecified atom stereocenters. The monoisotopic (exact) mass is 278 g/mol. The van der Waals surface area contributed by atoms with E-state index in [1.807, 2.05) is 11.0 Å². The topological polar surface area (TPSA) is 32.3 Å². The van der Waals surface area contributed by atoms with Gasteiger partial charge in [0.15, 0.2) is 0 Å². The number of fused-ring (bicyclic) bond motifs is 1. The average Bonchev–Trinajstić information content (AvgIpc) is 2.64. The average molecular weight is 278 g/mol. The summed E-state index contributed by atoms with van der Waals surface area (Å²) in [5.41, 5.74) is 0. The predicted octanol–water partition coefficient (Wildman–Crippen LogP) is 2.48. The van der Waals surface area contributed by atoms with E-state index in [0.29, 0.717) is 4.88 Å². The summed E-state index contributed by atoms with van der Waals surface area (Å²) in [7, 11) is 0. The molecule has 1 saturated heterocycles. The van der Waals surface area contributed by atoms with Crippen LogP contribution >= 0.6 is 11.3 Å². The highest BCUT2D eigenvalue weighted by molar-refractivity contribution is 7.20. The summed E-state index contributed by atoms with van der Waals surface area (Å²) in [5, 5.41) is 4.21. The molecule has 1 N–H and O–H groups in total. The number of carbonyl (C=O) groups excluding carboxylic acids is 1. The molecule has 1 aliphatic heterocycles. The summed E-state index contributed by atoms with van der Waals surface area (Å²) in [6, 6.07) is 6.50. The van der Waals surface area contributed by atoms with Gasteiger partial charge in [0.05, 0.1) is 4.88 Å². The van der Waals surface area contributed by atoms with Crippen molar-refractivity contribution in [2.45, 2.75) is 6.42 Å². The summed E-state index contributed by atoms with van der Waals surface area (Å²) in [6.07, 6.45) is 0.977. The molecule has 1 aliphatic rings. The lowest BCUT2D eigenvalue weighted by molar-refractivity contribution is 0.0771. The van der Waals surface area contributed by atoms with Crippen LogP contribution in [0.3, 0.4) is 0 Å². The van der Waals surface area contributed by atoms with Gasteiger partial charge in [0.1, 0.15) is 5.82 Å². The first-order valence-corrected chi connectivity index (χ1v) is 7.25. The number of hydrogen-bond donors (Lipinski definition) is 1. The van der Waals surface area contributed by atoms with Gasteiger partial charge >= 0.3 is 0 Å². The van der Waals surface area contributed by atoms with E-state index in [4.69, 9.17) is 0 Å². The summed E-state index contributed by atoms with van der Waals surface area (Å²) in [5.74, 6) is -0.197. The third kappa shape index (κ3) is 2.62. The molecule has 100 valence electrons. The number of thiophene rings is 1. The summed E-state index contributed by atoms with van der Waals surface area (Å²) in [6.45, 7) is 3.32. The number of carbonyl (C=O) groups is 1. The molecule has 3 rings (SSSR count). The maximum atomic E-state index is 13.2. The normalized spacial score (nSPS) is 16.6. The van der Waals surface area contributed by atoms with Gasteiger partial charge < -0.3 is 10.2 Å². The Hall–Kier alpha value is -1.46. The van der Waals surface area contributed by atoms with Crippen LogP contribution < -0.4 is 5.32 Å². The smallest absolute Gasteiger partial charge is 0.264 e. The van der Waals surface area contributed by atoms with E-state index in [1.54, 1.807) is 6.07 Å². The lowest BCUT2D eigenvalue weighted by Crippen LogP contribution is -2.33. The van der Waals surface area contributed by atoms with Crippen molar-refractivity contribution in [3.8, 4) is 0 Å².